The highest BCUT2D eigenvalue weighted by atomic mass is 19.4. The first-order chi connectivity index (χ1) is 14.8. The largest absolute Gasteiger partial charge is 0.475 e. The fourth-order valence-electron chi connectivity index (χ4n) is 2.57. The van der Waals surface area contributed by atoms with E-state index in [4.69, 9.17) is 9.47 Å². The Hall–Kier alpha value is -3.54. The number of rotatable bonds is 8. The van der Waals surface area contributed by atoms with E-state index >= 15 is 0 Å². The summed E-state index contributed by atoms with van der Waals surface area (Å²) in [6.45, 7) is 0.590. The lowest BCUT2D eigenvalue weighted by Crippen LogP contribution is -2.27. The molecule has 0 spiro atoms. The van der Waals surface area contributed by atoms with Gasteiger partial charge in [0, 0.05) is 25.9 Å². The molecule has 3 rings (SSSR count). The minimum Gasteiger partial charge on any atom is -0.475 e. The molecule has 0 aliphatic rings. The minimum atomic E-state index is -4.95. The Bertz CT molecular complexity index is 1040. The zero-order chi connectivity index (χ0) is 22.4. The van der Waals surface area contributed by atoms with Crippen molar-refractivity contribution in [3.63, 3.8) is 0 Å². The number of aromatic nitrogens is 4. The molecular weight excluding hydrogens is 422 g/mol. The number of hydrogen-bond acceptors (Lipinski definition) is 6. The number of carbonyl (C=O) groups excluding carboxylic acids is 1. The first kappa shape index (κ1) is 22.2. The molecule has 164 valence electrons. The van der Waals surface area contributed by atoms with Crippen molar-refractivity contribution in [2.45, 2.75) is 12.7 Å². The number of amides is 1. The summed E-state index contributed by atoms with van der Waals surface area (Å²) in [7, 11) is 1.53. The summed E-state index contributed by atoms with van der Waals surface area (Å²) in [6, 6.07) is 7.53. The summed E-state index contributed by atoms with van der Waals surface area (Å²) in [5.74, 6) is -1.51. The van der Waals surface area contributed by atoms with E-state index in [-0.39, 0.29) is 12.2 Å². The zero-order valence-corrected chi connectivity index (χ0v) is 16.2. The molecule has 8 nitrogen and oxygen atoms in total. The molecule has 31 heavy (non-hydrogen) atoms. The van der Waals surface area contributed by atoms with Crippen molar-refractivity contribution >= 4 is 5.91 Å². The number of nitrogens with one attached hydrogen (secondary N) is 1. The Morgan fingerprint density at radius 1 is 1.19 bits per heavy atom. The number of methoxy groups -OCH3 is 1. The second-order valence-corrected chi connectivity index (χ2v) is 6.20. The first-order valence-corrected chi connectivity index (χ1v) is 8.93. The van der Waals surface area contributed by atoms with Gasteiger partial charge in [-0.05, 0) is 23.8 Å². The van der Waals surface area contributed by atoms with Gasteiger partial charge >= 0.3 is 6.18 Å². The predicted molar refractivity (Wildman–Crippen MR) is 99.1 cm³/mol. The van der Waals surface area contributed by atoms with Crippen LogP contribution < -0.4 is 10.1 Å². The average molecular weight is 439 g/mol. The van der Waals surface area contributed by atoms with Crippen molar-refractivity contribution in [2.75, 3.05) is 20.3 Å². The molecule has 0 aliphatic carbocycles. The normalized spacial score (nSPS) is 11.4. The van der Waals surface area contributed by atoms with E-state index in [0.717, 1.165) is 12.1 Å². The third kappa shape index (κ3) is 5.54. The molecule has 2 heterocycles. The van der Waals surface area contributed by atoms with Gasteiger partial charge in [-0.25, -0.2) is 14.1 Å². The van der Waals surface area contributed by atoms with E-state index in [1.54, 1.807) is 12.1 Å². The maximum Gasteiger partial charge on any atom is 0.435 e. The van der Waals surface area contributed by atoms with Crippen LogP contribution in [0.5, 0.6) is 5.88 Å². The summed E-state index contributed by atoms with van der Waals surface area (Å²) in [5.41, 5.74) is -2.02. The third-order valence-electron chi connectivity index (χ3n) is 3.99. The van der Waals surface area contributed by atoms with Crippen molar-refractivity contribution in [3.05, 3.63) is 65.4 Å². The molecule has 2 aromatic heterocycles. The summed E-state index contributed by atoms with van der Waals surface area (Å²) in [5, 5.41) is 9.11. The standard InChI is InChI=1S/C19H17F4N5O3/c1-30-7-8-31-15-6-5-12(10-24-15)11-25-18(29)16-17(19(21,22)23)28(27-26-16)14-4-2-3-13(20)9-14/h2-6,9-10H,7-8,11H2,1H3,(H,25,29). The van der Waals surface area contributed by atoms with Crippen LogP contribution in [0.15, 0.2) is 42.6 Å². The maximum atomic E-state index is 13.6. The topological polar surface area (TPSA) is 91.2 Å². The molecule has 0 radical (unpaired) electrons. The second-order valence-electron chi connectivity index (χ2n) is 6.20. The van der Waals surface area contributed by atoms with Crippen LogP contribution in [0, 0.1) is 5.82 Å². The number of alkyl halides is 3. The highest BCUT2D eigenvalue weighted by molar-refractivity contribution is 5.93. The van der Waals surface area contributed by atoms with Gasteiger partial charge in [0.05, 0.1) is 12.3 Å². The Morgan fingerprint density at radius 3 is 2.65 bits per heavy atom. The molecule has 1 N–H and O–H groups in total. The van der Waals surface area contributed by atoms with E-state index in [9.17, 15) is 22.4 Å². The Balaban J connectivity index is 1.74. The number of carbonyl (C=O) groups is 1. The van der Waals surface area contributed by atoms with Crippen LogP contribution in [0.1, 0.15) is 21.7 Å². The van der Waals surface area contributed by atoms with E-state index in [2.05, 4.69) is 20.6 Å². The number of pyridine rings is 1. The molecule has 0 saturated heterocycles. The maximum absolute atomic E-state index is 13.6. The SMILES string of the molecule is COCCOc1ccc(CNC(=O)c2nnn(-c3cccc(F)c3)c2C(F)(F)F)cn1. The van der Waals surface area contributed by atoms with Crippen molar-refractivity contribution in [1.29, 1.82) is 0 Å². The molecule has 1 aromatic carbocycles. The van der Waals surface area contributed by atoms with Gasteiger partial charge in [0.15, 0.2) is 11.4 Å². The molecule has 0 unspecified atom stereocenters. The molecule has 3 aromatic rings. The summed E-state index contributed by atoms with van der Waals surface area (Å²) >= 11 is 0. The molecule has 0 saturated carbocycles. The smallest absolute Gasteiger partial charge is 0.435 e. The van der Waals surface area contributed by atoms with Gasteiger partial charge in [0.25, 0.3) is 5.91 Å². The van der Waals surface area contributed by atoms with Crippen LogP contribution in [-0.4, -0.2) is 46.2 Å². The number of halogens is 4. The van der Waals surface area contributed by atoms with Crippen LogP contribution in [-0.2, 0) is 17.5 Å². The van der Waals surface area contributed by atoms with E-state index < -0.39 is 29.3 Å². The summed E-state index contributed by atoms with van der Waals surface area (Å²) < 4.78 is 64.8. The fourth-order valence-corrected chi connectivity index (χ4v) is 2.57. The lowest BCUT2D eigenvalue weighted by molar-refractivity contribution is -0.143. The van der Waals surface area contributed by atoms with Crippen LogP contribution in [0.2, 0.25) is 0 Å². The Kier molecular flexibility index (Phi) is 6.80. The first-order valence-electron chi connectivity index (χ1n) is 8.93. The van der Waals surface area contributed by atoms with Gasteiger partial charge in [-0.1, -0.05) is 17.3 Å². The van der Waals surface area contributed by atoms with Gasteiger partial charge < -0.3 is 14.8 Å². The van der Waals surface area contributed by atoms with Crippen LogP contribution in [0.3, 0.4) is 0 Å². The monoisotopic (exact) mass is 439 g/mol. The molecule has 1 amide bonds. The van der Waals surface area contributed by atoms with E-state index in [1.807, 2.05) is 0 Å². The number of hydrogen-bond donors (Lipinski definition) is 1. The van der Waals surface area contributed by atoms with Crippen LogP contribution >= 0.6 is 0 Å². The van der Waals surface area contributed by atoms with Crippen molar-refractivity contribution in [1.82, 2.24) is 25.3 Å². The van der Waals surface area contributed by atoms with Gasteiger partial charge in [0.2, 0.25) is 5.88 Å². The highest BCUT2D eigenvalue weighted by Crippen LogP contribution is 2.32. The van der Waals surface area contributed by atoms with Crippen LogP contribution in [0.25, 0.3) is 5.69 Å². The lowest BCUT2D eigenvalue weighted by Gasteiger charge is -2.11. The summed E-state index contributed by atoms with van der Waals surface area (Å²) in [6.07, 6.45) is -3.54. The second kappa shape index (κ2) is 9.51. The van der Waals surface area contributed by atoms with E-state index in [1.165, 1.54) is 25.4 Å². The minimum absolute atomic E-state index is 0.103. The molecule has 0 aliphatic heterocycles. The molecule has 0 bridgehead atoms. The van der Waals surface area contributed by atoms with Crippen LogP contribution in [0.4, 0.5) is 17.6 Å². The van der Waals surface area contributed by atoms with E-state index in [0.29, 0.717) is 29.3 Å². The van der Waals surface area contributed by atoms with Gasteiger partial charge in [-0.3, -0.25) is 4.79 Å². The molecule has 0 fully saturated rings. The number of nitrogens with zero attached hydrogens (tertiary/aromatic N) is 4. The van der Waals surface area contributed by atoms with Crippen molar-refractivity contribution in [2.24, 2.45) is 0 Å². The molecule has 12 heteroatoms. The van der Waals surface area contributed by atoms with Gasteiger partial charge in [0.1, 0.15) is 12.4 Å². The zero-order valence-electron chi connectivity index (χ0n) is 16.2. The number of ether oxygens (including phenoxy) is 2. The van der Waals surface area contributed by atoms with Gasteiger partial charge in [-0.15, -0.1) is 5.10 Å². The van der Waals surface area contributed by atoms with Gasteiger partial charge in [-0.2, -0.15) is 13.2 Å². The molecular formula is C19H17F4N5O3. The van der Waals surface area contributed by atoms with Crippen molar-refractivity contribution in [3.8, 4) is 11.6 Å². The Morgan fingerprint density at radius 2 is 2.00 bits per heavy atom. The fraction of sp³-hybridized carbons (Fsp3) is 0.263. The predicted octanol–water partition coefficient (Wildman–Crippen LogP) is 2.78. The molecule has 0 atom stereocenters. The number of benzene rings is 1. The average Bonchev–Trinajstić information content (AvgIpc) is 3.19. The third-order valence-corrected chi connectivity index (χ3v) is 3.99. The Labute approximate surface area is 173 Å². The van der Waals surface area contributed by atoms with Crippen molar-refractivity contribution < 1.29 is 31.8 Å². The highest BCUT2D eigenvalue weighted by Gasteiger charge is 2.42. The quantitative estimate of drug-likeness (QED) is 0.429. The summed E-state index contributed by atoms with van der Waals surface area (Å²) in [4.78, 5) is 16.4. The lowest BCUT2D eigenvalue weighted by atomic mass is 10.2.